The minimum atomic E-state index is -0.385. The van der Waals surface area contributed by atoms with Gasteiger partial charge in [0.1, 0.15) is 5.82 Å². The van der Waals surface area contributed by atoms with Gasteiger partial charge in [-0.05, 0) is 18.9 Å². The predicted octanol–water partition coefficient (Wildman–Crippen LogP) is 2.29. The largest absolute Gasteiger partial charge is 0.343 e. The van der Waals surface area contributed by atoms with Crippen molar-refractivity contribution in [2.24, 2.45) is 0 Å². The standard InChI is InChI=1S/C15H16FNO2/c1-10(18)17-7-5-15(6-8-17)9-13(19)11-3-2-4-12(16)14(11)15/h2-4H,5-9H2,1H3. The highest BCUT2D eigenvalue weighted by Crippen LogP contribution is 2.47. The molecule has 2 aliphatic rings. The SMILES string of the molecule is CC(=O)N1CCC2(CC1)CC(=O)c1cccc(F)c12. The summed E-state index contributed by atoms with van der Waals surface area (Å²) in [6, 6.07) is 4.74. The lowest BCUT2D eigenvalue weighted by Crippen LogP contribution is -2.44. The van der Waals surface area contributed by atoms with Crippen LogP contribution in [0.5, 0.6) is 0 Å². The zero-order valence-electron chi connectivity index (χ0n) is 10.9. The van der Waals surface area contributed by atoms with Crippen LogP contribution in [0.1, 0.15) is 42.1 Å². The van der Waals surface area contributed by atoms with E-state index >= 15 is 0 Å². The molecule has 1 heterocycles. The van der Waals surface area contributed by atoms with E-state index < -0.39 is 0 Å². The fraction of sp³-hybridized carbons (Fsp3) is 0.467. The van der Waals surface area contributed by atoms with Crippen LogP contribution in [0, 0.1) is 5.82 Å². The Kier molecular flexibility index (Phi) is 2.69. The maximum Gasteiger partial charge on any atom is 0.219 e. The molecule has 0 bridgehead atoms. The quantitative estimate of drug-likeness (QED) is 0.718. The number of ketones is 1. The summed E-state index contributed by atoms with van der Waals surface area (Å²) in [6.45, 7) is 2.76. The molecule has 1 spiro atoms. The highest BCUT2D eigenvalue weighted by molar-refractivity contribution is 6.02. The third kappa shape index (κ3) is 1.78. The first kappa shape index (κ1) is 12.3. The summed E-state index contributed by atoms with van der Waals surface area (Å²) >= 11 is 0. The number of hydrogen-bond donors (Lipinski definition) is 0. The van der Waals surface area contributed by atoms with Crippen molar-refractivity contribution in [3.05, 3.63) is 35.1 Å². The van der Waals surface area contributed by atoms with Crippen molar-refractivity contribution in [1.82, 2.24) is 4.90 Å². The van der Waals surface area contributed by atoms with Crippen LogP contribution in [0.15, 0.2) is 18.2 Å². The molecule has 100 valence electrons. The summed E-state index contributed by atoms with van der Waals surface area (Å²) in [4.78, 5) is 25.2. The second-order valence-electron chi connectivity index (χ2n) is 5.55. The number of Topliss-reactive ketones (excluding diaryl/α,β-unsaturated/α-hetero) is 1. The number of rotatable bonds is 0. The lowest BCUT2D eigenvalue weighted by molar-refractivity contribution is -0.130. The maximum atomic E-state index is 14.1. The van der Waals surface area contributed by atoms with E-state index in [-0.39, 0.29) is 22.9 Å². The molecule has 0 atom stereocenters. The molecule has 0 N–H and O–H groups in total. The molecule has 1 aromatic carbocycles. The number of nitrogens with zero attached hydrogens (tertiary/aromatic N) is 1. The van der Waals surface area contributed by atoms with Crippen LogP contribution in [0.25, 0.3) is 0 Å². The molecule has 3 rings (SSSR count). The molecule has 19 heavy (non-hydrogen) atoms. The van der Waals surface area contributed by atoms with E-state index in [9.17, 15) is 14.0 Å². The molecule has 1 aliphatic heterocycles. The monoisotopic (exact) mass is 261 g/mol. The second kappa shape index (κ2) is 4.15. The maximum absolute atomic E-state index is 14.1. The van der Waals surface area contributed by atoms with Crippen molar-refractivity contribution in [1.29, 1.82) is 0 Å². The fourth-order valence-corrected chi connectivity index (χ4v) is 3.46. The first-order valence-electron chi connectivity index (χ1n) is 6.61. The number of fused-ring (bicyclic) bond motifs is 2. The van der Waals surface area contributed by atoms with Gasteiger partial charge in [-0.2, -0.15) is 0 Å². The molecule has 0 saturated carbocycles. The Labute approximate surface area is 111 Å². The van der Waals surface area contributed by atoms with E-state index in [1.807, 2.05) is 0 Å². The number of benzene rings is 1. The third-order valence-electron chi connectivity index (χ3n) is 4.51. The van der Waals surface area contributed by atoms with Crippen molar-refractivity contribution in [2.45, 2.75) is 31.6 Å². The van der Waals surface area contributed by atoms with Gasteiger partial charge in [0, 0.05) is 43.0 Å². The van der Waals surface area contributed by atoms with Crippen LogP contribution >= 0.6 is 0 Å². The van der Waals surface area contributed by atoms with Crippen molar-refractivity contribution in [3.8, 4) is 0 Å². The Morgan fingerprint density at radius 2 is 2.00 bits per heavy atom. The highest BCUT2D eigenvalue weighted by atomic mass is 19.1. The van der Waals surface area contributed by atoms with Gasteiger partial charge in [0.05, 0.1) is 0 Å². The number of hydrogen-bond acceptors (Lipinski definition) is 2. The zero-order valence-corrected chi connectivity index (χ0v) is 10.9. The van der Waals surface area contributed by atoms with Gasteiger partial charge in [0.25, 0.3) is 0 Å². The van der Waals surface area contributed by atoms with Crippen molar-refractivity contribution >= 4 is 11.7 Å². The van der Waals surface area contributed by atoms with Gasteiger partial charge < -0.3 is 4.90 Å². The van der Waals surface area contributed by atoms with E-state index in [4.69, 9.17) is 0 Å². The highest BCUT2D eigenvalue weighted by Gasteiger charge is 2.47. The molecule has 0 unspecified atom stereocenters. The van der Waals surface area contributed by atoms with Gasteiger partial charge >= 0.3 is 0 Å². The lowest BCUT2D eigenvalue weighted by atomic mass is 9.73. The Bertz CT molecular complexity index is 559. The van der Waals surface area contributed by atoms with Crippen molar-refractivity contribution in [2.75, 3.05) is 13.1 Å². The first-order valence-corrected chi connectivity index (χ1v) is 6.61. The van der Waals surface area contributed by atoms with Gasteiger partial charge in [-0.25, -0.2) is 4.39 Å². The van der Waals surface area contributed by atoms with Crippen molar-refractivity contribution < 1.29 is 14.0 Å². The summed E-state index contributed by atoms with van der Waals surface area (Å²) in [6.07, 6.45) is 1.73. The van der Waals surface area contributed by atoms with Crippen LogP contribution in [0.3, 0.4) is 0 Å². The molecule has 1 saturated heterocycles. The van der Waals surface area contributed by atoms with E-state index in [1.54, 1.807) is 24.0 Å². The number of halogens is 1. The average molecular weight is 261 g/mol. The Morgan fingerprint density at radius 1 is 1.32 bits per heavy atom. The third-order valence-corrected chi connectivity index (χ3v) is 4.51. The van der Waals surface area contributed by atoms with E-state index in [0.717, 1.165) is 0 Å². The molecule has 4 heteroatoms. The first-order chi connectivity index (χ1) is 9.03. The Hall–Kier alpha value is -1.71. The molecule has 0 radical (unpaired) electrons. The fourth-order valence-electron chi connectivity index (χ4n) is 3.46. The zero-order chi connectivity index (χ0) is 13.6. The minimum Gasteiger partial charge on any atom is -0.343 e. The second-order valence-corrected chi connectivity index (χ2v) is 5.55. The number of piperidine rings is 1. The molecule has 1 fully saturated rings. The van der Waals surface area contributed by atoms with Crippen LogP contribution in [0.2, 0.25) is 0 Å². The van der Waals surface area contributed by atoms with Gasteiger partial charge in [0.15, 0.2) is 5.78 Å². The number of amides is 1. The number of carbonyl (C=O) groups is 2. The summed E-state index contributed by atoms with van der Waals surface area (Å²) in [5.41, 5.74) is 0.739. The number of carbonyl (C=O) groups excluding carboxylic acids is 2. The van der Waals surface area contributed by atoms with Crippen LogP contribution < -0.4 is 0 Å². The minimum absolute atomic E-state index is 0.0331. The molecule has 1 amide bonds. The summed E-state index contributed by atoms with van der Waals surface area (Å²) in [7, 11) is 0. The molecular formula is C15H16FNO2. The smallest absolute Gasteiger partial charge is 0.219 e. The summed E-state index contributed by atoms with van der Waals surface area (Å²) < 4.78 is 14.1. The molecular weight excluding hydrogens is 245 g/mol. The molecule has 3 nitrogen and oxygen atoms in total. The van der Waals surface area contributed by atoms with Gasteiger partial charge in [-0.1, -0.05) is 12.1 Å². The van der Waals surface area contributed by atoms with Gasteiger partial charge in [-0.15, -0.1) is 0 Å². The molecule has 1 aliphatic carbocycles. The van der Waals surface area contributed by atoms with Gasteiger partial charge in [0.2, 0.25) is 5.91 Å². The van der Waals surface area contributed by atoms with Crippen LogP contribution in [-0.2, 0) is 10.2 Å². The van der Waals surface area contributed by atoms with E-state index in [1.165, 1.54) is 6.07 Å². The van der Waals surface area contributed by atoms with Crippen LogP contribution in [0.4, 0.5) is 4.39 Å². The average Bonchev–Trinajstić information content (AvgIpc) is 2.64. The topological polar surface area (TPSA) is 37.4 Å². The predicted molar refractivity (Wildman–Crippen MR) is 68.5 cm³/mol. The normalized spacial score (nSPS) is 20.7. The Morgan fingerprint density at radius 3 is 2.63 bits per heavy atom. The number of likely N-dealkylation sites (tertiary alicyclic amines) is 1. The van der Waals surface area contributed by atoms with Crippen LogP contribution in [-0.4, -0.2) is 29.7 Å². The van der Waals surface area contributed by atoms with E-state index in [0.29, 0.717) is 43.5 Å². The summed E-state index contributed by atoms with van der Waals surface area (Å²) in [5.74, 6) is -0.196. The molecule has 1 aromatic rings. The Balaban J connectivity index is 1.97. The molecule has 0 aromatic heterocycles. The van der Waals surface area contributed by atoms with E-state index in [2.05, 4.69) is 0 Å². The van der Waals surface area contributed by atoms with Gasteiger partial charge in [-0.3, -0.25) is 9.59 Å². The lowest BCUT2D eigenvalue weighted by Gasteiger charge is -2.39. The van der Waals surface area contributed by atoms with Crippen molar-refractivity contribution in [3.63, 3.8) is 0 Å². The summed E-state index contributed by atoms with van der Waals surface area (Å²) in [5, 5.41) is 0.